The van der Waals surface area contributed by atoms with Crippen LogP contribution in [0.15, 0.2) is 53.1 Å². The first-order valence-electron chi connectivity index (χ1n) is 9.87. The van der Waals surface area contributed by atoms with Gasteiger partial charge in [0.25, 0.3) is 0 Å². The van der Waals surface area contributed by atoms with Crippen molar-refractivity contribution in [2.24, 2.45) is 0 Å². The van der Waals surface area contributed by atoms with Crippen molar-refractivity contribution in [3.8, 4) is 17.1 Å². The van der Waals surface area contributed by atoms with Crippen LogP contribution in [0.25, 0.3) is 11.4 Å². The zero-order valence-electron chi connectivity index (χ0n) is 16.7. The molecule has 2 heterocycles. The number of amides is 1. The molecule has 4 rings (SSSR count). The third-order valence-corrected chi connectivity index (χ3v) is 5.13. The minimum Gasteiger partial charge on any atom is -0.495 e. The predicted octanol–water partition coefficient (Wildman–Crippen LogP) is 3.70. The Bertz CT molecular complexity index is 1020. The molecule has 30 heavy (non-hydrogen) atoms. The smallest absolute Gasteiger partial charge is 0.238 e. The maximum Gasteiger partial charge on any atom is 0.238 e. The van der Waals surface area contributed by atoms with Crippen LogP contribution in [0.5, 0.6) is 5.75 Å². The number of anilines is 1. The van der Waals surface area contributed by atoms with Crippen molar-refractivity contribution in [2.75, 3.05) is 32.1 Å². The van der Waals surface area contributed by atoms with E-state index < -0.39 is 0 Å². The van der Waals surface area contributed by atoms with Gasteiger partial charge in [0.1, 0.15) is 11.6 Å². The van der Waals surface area contributed by atoms with E-state index in [1.165, 1.54) is 12.1 Å². The van der Waals surface area contributed by atoms with Crippen LogP contribution in [0.3, 0.4) is 0 Å². The number of rotatable bonds is 6. The van der Waals surface area contributed by atoms with Crippen LogP contribution in [0.2, 0.25) is 0 Å². The second-order valence-electron chi connectivity index (χ2n) is 7.29. The number of methoxy groups -OCH3 is 1. The standard InChI is InChI=1S/C22H23FN4O3/c1-29-19-10-3-2-9-18(19)24-20(28)14-27-11-5-7-16(13-27)22-25-21(26-30-22)15-6-4-8-17(23)12-15/h2-4,6,8-10,12,16H,5,7,11,13-14H2,1H3,(H,24,28). The van der Waals surface area contributed by atoms with Gasteiger partial charge in [0.05, 0.1) is 25.3 Å². The van der Waals surface area contributed by atoms with E-state index in [2.05, 4.69) is 20.4 Å². The number of para-hydroxylation sites is 2. The third kappa shape index (κ3) is 4.65. The van der Waals surface area contributed by atoms with E-state index in [4.69, 9.17) is 9.26 Å². The predicted molar refractivity (Wildman–Crippen MR) is 110 cm³/mol. The molecule has 1 aliphatic heterocycles. The molecule has 0 saturated carbocycles. The summed E-state index contributed by atoms with van der Waals surface area (Å²) in [6.07, 6.45) is 1.82. The highest BCUT2D eigenvalue weighted by Crippen LogP contribution is 2.28. The highest BCUT2D eigenvalue weighted by molar-refractivity contribution is 5.93. The van der Waals surface area contributed by atoms with E-state index in [1.807, 2.05) is 18.2 Å². The second kappa shape index (κ2) is 9.04. The number of benzene rings is 2. The largest absolute Gasteiger partial charge is 0.495 e. The molecule has 0 bridgehead atoms. The van der Waals surface area contributed by atoms with Gasteiger partial charge in [-0.1, -0.05) is 29.4 Å². The van der Waals surface area contributed by atoms with Crippen molar-refractivity contribution in [3.05, 3.63) is 60.2 Å². The van der Waals surface area contributed by atoms with Crippen LogP contribution in [0.1, 0.15) is 24.7 Å². The molecule has 1 atom stereocenters. The zero-order valence-corrected chi connectivity index (χ0v) is 16.7. The number of hydrogen-bond donors (Lipinski definition) is 1. The van der Waals surface area contributed by atoms with Gasteiger partial charge in [0.15, 0.2) is 0 Å². The van der Waals surface area contributed by atoms with Gasteiger partial charge in [-0.05, 0) is 43.7 Å². The van der Waals surface area contributed by atoms with E-state index in [1.54, 1.807) is 25.3 Å². The number of hydrogen-bond acceptors (Lipinski definition) is 6. The highest BCUT2D eigenvalue weighted by atomic mass is 19.1. The Morgan fingerprint density at radius 1 is 1.30 bits per heavy atom. The molecular weight excluding hydrogens is 387 g/mol. The van der Waals surface area contributed by atoms with Crippen molar-refractivity contribution >= 4 is 11.6 Å². The van der Waals surface area contributed by atoms with Crippen molar-refractivity contribution in [1.82, 2.24) is 15.0 Å². The summed E-state index contributed by atoms with van der Waals surface area (Å²) in [4.78, 5) is 19.1. The van der Waals surface area contributed by atoms with Crippen LogP contribution in [-0.2, 0) is 4.79 Å². The molecule has 1 unspecified atom stereocenters. The lowest BCUT2D eigenvalue weighted by Crippen LogP contribution is -2.39. The van der Waals surface area contributed by atoms with Crippen LogP contribution in [0.4, 0.5) is 10.1 Å². The summed E-state index contributed by atoms with van der Waals surface area (Å²) in [6, 6.07) is 13.4. The molecule has 1 fully saturated rings. The molecule has 0 spiro atoms. The molecule has 0 radical (unpaired) electrons. The van der Waals surface area contributed by atoms with E-state index in [0.717, 1.165) is 19.4 Å². The maximum absolute atomic E-state index is 13.5. The minimum atomic E-state index is -0.344. The summed E-state index contributed by atoms with van der Waals surface area (Å²) >= 11 is 0. The summed E-state index contributed by atoms with van der Waals surface area (Å²) in [5.74, 6) is 1.10. The lowest BCUT2D eigenvalue weighted by Gasteiger charge is -2.30. The third-order valence-electron chi connectivity index (χ3n) is 5.13. The molecule has 1 aromatic heterocycles. The van der Waals surface area contributed by atoms with E-state index >= 15 is 0 Å². The van der Waals surface area contributed by atoms with Gasteiger partial charge in [0, 0.05) is 12.1 Å². The normalized spacial score (nSPS) is 16.9. The highest BCUT2D eigenvalue weighted by Gasteiger charge is 2.27. The summed E-state index contributed by atoms with van der Waals surface area (Å²) in [7, 11) is 1.57. The average Bonchev–Trinajstić information content (AvgIpc) is 3.25. The Kier molecular flexibility index (Phi) is 6.04. The van der Waals surface area contributed by atoms with Crippen LogP contribution in [0, 0.1) is 5.82 Å². The van der Waals surface area contributed by atoms with Crippen LogP contribution in [-0.4, -0.2) is 47.7 Å². The van der Waals surface area contributed by atoms with E-state index in [-0.39, 0.29) is 24.2 Å². The first-order valence-corrected chi connectivity index (χ1v) is 9.87. The van der Waals surface area contributed by atoms with Crippen molar-refractivity contribution in [1.29, 1.82) is 0 Å². The lowest BCUT2D eigenvalue weighted by atomic mass is 9.98. The fourth-order valence-corrected chi connectivity index (χ4v) is 3.69. The molecular formula is C22H23FN4O3. The Labute approximate surface area is 173 Å². The minimum absolute atomic E-state index is 0.0348. The molecule has 156 valence electrons. The summed E-state index contributed by atoms with van der Waals surface area (Å²) in [5, 5.41) is 6.90. The van der Waals surface area contributed by atoms with Crippen LogP contribution < -0.4 is 10.1 Å². The quantitative estimate of drug-likeness (QED) is 0.667. The molecule has 1 amide bonds. The lowest BCUT2D eigenvalue weighted by molar-refractivity contribution is -0.117. The number of aromatic nitrogens is 2. The Morgan fingerprint density at radius 3 is 3.00 bits per heavy atom. The molecule has 7 nitrogen and oxygen atoms in total. The number of carbonyl (C=O) groups excluding carboxylic acids is 1. The molecule has 0 aliphatic carbocycles. The van der Waals surface area contributed by atoms with Gasteiger partial charge in [-0.25, -0.2) is 4.39 Å². The topological polar surface area (TPSA) is 80.5 Å². The molecule has 2 aromatic carbocycles. The number of piperidine rings is 1. The number of carbonyl (C=O) groups is 1. The van der Waals surface area contributed by atoms with Crippen molar-refractivity contribution in [3.63, 3.8) is 0 Å². The maximum atomic E-state index is 13.5. The van der Waals surface area contributed by atoms with Crippen molar-refractivity contribution < 1.29 is 18.4 Å². The molecule has 1 N–H and O–H groups in total. The van der Waals surface area contributed by atoms with Crippen LogP contribution >= 0.6 is 0 Å². The summed E-state index contributed by atoms with van der Waals surface area (Å²) in [5.41, 5.74) is 1.23. The molecule has 1 aliphatic rings. The van der Waals surface area contributed by atoms with Crippen molar-refractivity contribution in [2.45, 2.75) is 18.8 Å². The number of nitrogens with one attached hydrogen (secondary N) is 1. The van der Waals surface area contributed by atoms with Gasteiger partial charge in [-0.15, -0.1) is 0 Å². The fourth-order valence-electron chi connectivity index (χ4n) is 3.69. The monoisotopic (exact) mass is 410 g/mol. The van der Waals surface area contributed by atoms with Gasteiger partial charge >= 0.3 is 0 Å². The molecule has 8 heteroatoms. The van der Waals surface area contributed by atoms with Gasteiger partial charge in [-0.3, -0.25) is 9.69 Å². The van der Waals surface area contributed by atoms with Gasteiger partial charge in [0.2, 0.25) is 17.6 Å². The number of nitrogens with zero attached hydrogens (tertiary/aromatic N) is 3. The average molecular weight is 410 g/mol. The molecule has 3 aromatic rings. The number of halogens is 1. The van der Waals surface area contributed by atoms with Gasteiger partial charge < -0.3 is 14.6 Å². The van der Waals surface area contributed by atoms with E-state index in [0.29, 0.717) is 35.3 Å². The van der Waals surface area contributed by atoms with Gasteiger partial charge in [-0.2, -0.15) is 4.98 Å². The first kappa shape index (κ1) is 20.0. The summed E-state index contributed by atoms with van der Waals surface area (Å²) < 4.78 is 24.2. The molecule has 1 saturated heterocycles. The fraction of sp³-hybridized carbons (Fsp3) is 0.318. The number of ether oxygens (including phenoxy) is 1. The van der Waals surface area contributed by atoms with E-state index in [9.17, 15) is 9.18 Å². The SMILES string of the molecule is COc1ccccc1NC(=O)CN1CCCC(c2nc(-c3cccc(F)c3)no2)C1. The zero-order chi connectivity index (χ0) is 20.9. The number of likely N-dealkylation sites (tertiary alicyclic amines) is 1. The first-order chi connectivity index (χ1) is 14.6. The Morgan fingerprint density at radius 2 is 2.17 bits per heavy atom. The Balaban J connectivity index is 1.38. The Hall–Kier alpha value is -3.26. The summed E-state index contributed by atoms with van der Waals surface area (Å²) in [6.45, 7) is 1.73. The second-order valence-corrected chi connectivity index (χ2v) is 7.29.